The number of sulfone groups is 1. The van der Waals surface area contributed by atoms with Gasteiger partial charge >= 0.3 is 22.3 Å². The summed E-state index contributed by atoms with van der Waals surface area (Å²) in [5.41, 5.74) is -1.15. The molecule has 14 heteroatoms. The minimum absolute atomic E-state index is 0.0552. The smallest absolute Gasteiger partial charge is 0.441 e. The number of benzene rings is 1. The quantitative estimate of drug-likeness (QED) is 0.171. The van der Waals surface area contributed by atoms with Gasteiger partial charge in [-0.2, -0.15) is 8.42 Å². The molecule has 0 heterocycles. The molecule has 37 heavy (non-hydrogen) atoms. The number of unbranched alkanes of at least 4 members (excludes halogenated alkanes) is 1. The molecule has 1 amide bonds. The fourth-order valence-corrected chi connectivity index (χ4v) is 6.30. The first kappa shape index (κ1) is 32.9. The van der Waals surface area contributed by atoms with Crippen molar-refractivity contribution in [2.75, 3.05) is 19.5 Å². The van der Waals surface area contributed by atoms with E-state index < -0.39 is 55.8 Å². The van der Waals surface area contributed by atoms with Crippen molar-refractivity contribution in [3.05, 3.63) is 24.3 Å². The van der Waals surface area contributed by atoms with Gasteiger partial charge in [0.25, 0.3) is 0 Å². The van der Waals surface area contributed by atoms with Crippen LogP contribution in [0.5, 0.6) is 0 Å². The van der Waals surface area contributed by atoms with Gasteiger partial charge in [0.15, 0.2) is 18.2 Å². The van der Waals surface area contributed by atoms with Crippen molar-refractivity contribution in [3.8, 4) is 0 Å². The molecule has 0 aliphatic carbocycles. The van der Waals surface area contributed by atoms with Crippen molar-refractivity contribution in [1.29, 1.82) is 0 Å². The van der Waals surface area contributed by atoms with Gasteiger partial charge in [0.2, 0.25) is 0 Å². The standard InChI is InChI=1S/C23H39NO10S2Si/c1-22(2,3)33-20(25)24(36(29,30)19-15-11-10-14-18(19)35(7,27)28)34-21(26)31-16-12-13-17-32-37(8,9)23(4,5)6/h10-11,14-15H,12-13,16-17H2,1-9H3. The summed E-state index contributed by atoms with van der Waals surface area (Å²) in [5.74, 6) is 0. The molecule has 0 aliphatic rings. The Balaban J connectivity index is 2.99. The van der Waals surface area contributed by atoms with Crippen molar-refractivity contribution < 1.29 is 45.2 Å². The molecule has 11 nitrogen and oxygen atoms in total. The summed E-state index contributed by atoms with van der Waals surface area (Å²) in [6.07, 6.45) is -1.23. The Hall–Kier alpha value is -2.16. The van der Waals surface area contributed by atoms with Gasteiger partial charge < -0.3 is 13.9 Å². The maximum absolute atomic E-state index is 13.3. The Morgan fingerprint density at radius 3 is 1.89 bits per heavy atom. The second kappa shape index (κ2) is 12.1. The molecule has 0 N–H and O–H groups in total. The lowest BCUT2D eigenvalue weighted by molar-refractivity contribution is -0.0732. The van der Waals surface area contributed by atoms with E-state index in [9.17, 15) is 26.4 Å². The molecule has 0 saturated carbocycles. The molecule has 0 radical (unpaired) electrons. The van der Waals surface area contributed by atoms with E-state index >= 15 is 0 Å². The Labute approximate surface area is 221 Å². The molecule has 212 valence electrons. The third-order valence-corrected chi connectivity index (χ3v) is 12.9. The average molecular weight is 582 g/mol. The molecule has 0 bridgehead atoms. The van der Waals surface area contributed by atoms with Gasteiger partial charge in [-0.15, -0.1) is 0 Å². The van der Waals surface area contributed by atoms with Crippen LogP contribution in [0.2, 0.25) is 18.1 Å². The lowest BCUT2D eigenvalue weighted by Crippen LogP contribution is -2.42. The zero-order valence-electron chi connectivity index (χ0n) is 23.0. The number of carbonyl (C=O) groups is 2. The number of nitrogens with zero attached hydrogens (tertiary/aromatic N) is 1. The molecule has 1 rings (SSSR count). The van der Waals surface area contributed by atoms with Crippen molar-refractivity contribution in [2.45, 2.75) is 87.9 Å². The first-order valence-electron chi connectivity index (χ1n) is 11.7. The third-order valence-electron chi connectivity index (χ3n) is 5.47. The highest BCUT2D eigenvalue weighted by Gasteiger charge is 2.40. The number of sulfonamides is 1. The normalized spacial score (nSPS) is 13.1. The fraction of sp³-hybridized carbons (Fsp3) is 0.652. The number of hydroxylamine groups is 1. The second-order valence-electron chi connectivity index (χ2n) is 10.9. The molecule has 0 fully saturated rings. The SMILES string of the molecule is CC(C)(C)OC(=O)N(OC(=O)OCCCCO[Si](C)(C)C(C)(C)C)S(=O)(=O)c1ccccc1S(C)(=O)=O. The van der Waals surface area contributed by atoms with Gasteiger partial charge in [0, 0.05) is 12.9 Å². The van der Waals surface area contributed by atoms with Crippen LogP contribution in [0.4, 0.5) is 9.59 Å². The van der Waals surface area contributed by atoms with Crippen LogP contribution in [0.15, 0.2) is 34.1 Å². The van der Waals surface area contributed by atoms with Crippen LogP contribution in [0.3, 0.4) is 0 Å². The lowest BCUT2D eigenvalue weighted by Gasteiger charge is -2.36. The van der Waals surface area contributed by atoms with E-state index in [1.165, 1.54) is 32.9 Å². The molecule has 0 aliphatic heterocycles. The van der Waals surface area contributed by atoms with Crippen LogP contribution in [-0.4, -0.2) is 66.9 Å². The van der Waals surface area contributed by atoms with E-state index in [0.29, 0.717) is 19.4 Å². The summed E-state index contributed by atoms with van der Waals surface area (Å²) in [4.78, 5) is 28.4. The number of ether oxygens (including phenoxy) is 2. The van der Waals surface area contributed by atoms with Gasteiger partial charge in [0.05, 0.1) is 11.5 Å². The second-order valence-corrected chi connectivity index (χ2v) is 19.5. The summed E-state index contributed by atoms with van der Waals surface area (Å²) in [5, 5.41) is 0.0552. The molecule has 0 atom stereocenters. The number of rotatable bonds is 9. The van der Waals surface area contributed by atoms with Gasteiger partial charge in [-0.3, -0.25) is 4.84 Å². The predicted molar refractivity (Wildman–Crippen MR) is 140 cm³/mol. The van der Waals surface area contributed by atoms with Gasteiger partial charge in [-0.05, 0) is 68.3 Å². The molecule has 0 unspecified atom stereocenters. The van der Waals surface area contributed by atoms with Crippen molar-refractivity contribution in [2.24, 2.45) is 0 Å². The molecule has 1 aromatic carbocycles. The highest BCUT2D eigenvalue weighted by atomic mass is 32.2. The van der Waals surface area contributed by atoms with Crippen LogP contribution >= 0.6 is 0 Å². The van der Waals surface area contributed by atoms with Gasteiger partial charge in [0.1, 0.15) is 10.5 Å². The van der Waals surface area contributed by atoms with Crippen LogP contribution in [0.25, 0.3) is 0 Å². The highest BCUT2D eigenvalue weighted by molar-refractivity contribution is 7.93. The van der Waals surface area contributed by atoms with Crippen LogP contribution < -0.4 is 0 Å². The number of carbonyl (C=O) groups excluding carboxylic acids is 2. The van der Waals surface area contributed by atoms with E-state index in [4.69, 9.17) is 18.7 Å². The maximum Gasteiger partial charge on any atom is 0.534 e. The summed E-state index contributed by atoms with van der Waals surface area (Å²) in [6.45, 7) is 15.4. The van der Waals surface area contributed by atoms with Crippen LogP contribution in [0.1, 0.15) is 54.4 Å². The number of amides is 1. The van der Waals surface area contributed by atoms with Crippen molar-refractivity contribution in [3.63, 3.8) is 0 Å². The Kier molecular flexibility index (Phi) is 10.8. The van der Waals surface area contributed by atoms with E-state index in [1.54, 1.807) is 0 Å². The predicted octanol–water partition coefficient (Wildman–Crippen LogP) is 4.89. The summed E-state index contributed by atoms with van der Waals surface area (Å²) in [7, 11) is -10.9. The number of hydrogen-bond donors (Lipinski definition) is 0. The van der Waals surface area contributed by atoms with E-state index in [2.05, 4.69) is 33.9 Å². The van der Waals surface area contributed by atoms with Crippen LogP contribution in [-0.2, 0) is 38.6 Å². The zero-order chi connectivity index (χ0) is 28.9. The van der Waals surface area contributed by atoms with E-state index in [0.717, 1.165) is 18.4 Å². The molecule has 0 saturated heterocycles. The Morgan fingerprint density at radius 2 is 1.41 bits per heavy atom. The monoisotopic (exact) mass is 581 g/mol. The highest BCUT2D eigenvalue weighted by Crippen LogP contribution is 2.36. The third kappa shape index (κ3) is 9.91. The zero-order valence-corrected chi connectivity index (χ0v) is 25.6. The largest absolute Gasteiger partial charge is 0.534 e. The van der Waals surface area contributed by atoms with Crippen LogP contribution in [0, 0.1) is 0 Å². The minimum atomic E-state index is -5.01. The molecular weight excluding hydrogens is 542 g/mol. The van der Waals surface area contributed by atoms with Gasteiger partial charge in [-0.25, -0.2) is 18.0 Å². The summed E-state index contributed by atoms with van der Waals surface area (Å²) in [6, 6.07) is 4.61. The molecular formula is C23H39NO10S2Si. The summed E-state index contributed by atoms with van der Waals surface area (Å²) >= 11 is 0. The first-order valence-corrected chi connectivity index (χ1v) is 17.9. The first-order chi connectivity index (χ1) is 16.6. The molecule has 1 aromatic rings. The lowest BCUT2D eigenvalue weighted by atomic mass is 10.2. The van der Waals surface area contributed by atoms with E-state index in [1.807, 2.05) is 0 Å². The van der Waals surface area contributed by atoms with E-state index in [-0.39, 0.29) is 16.1 Å². The summed E-state index contributed by atoms with van der Waals surface area (Å²) < 4.78 is 66.6. The molecule has 0 aromatic heterocycles. The number of hydrogen-bond acceptors (Lipinski definition) is 10. The van der Waals surface area contributed by atoms with Crippen molar-refractivity contribution >= 4 is 40.4 Å². The Bertz CT molecular complexity index is 1170. The molecule has 0 spiro atoms. The minimum Gasteiger partial charge on any atom is -0.441 e. The maximum atomic E-state index is 13.3. The van der Waals surface area contributed by atoms with Gasteiger partial charge in [-0.1, -0.05) is 32.9 Å². The van der Waals surface area contributed by atoms with Crippen molar-refractivity contribution in [1.82, 2.24) is 4.47 Å². The fourth-order valence-electron chi connectivity index (χ4n) is 2.54. The topological polar surface area (TPSA) is 143 Å². The Morgan fingerprint density at radius 1 is 0.892 bits per heavy atom. The average Bonchev–Trinajstić information content (AvgIpc) is 2.71.